The topological polar surface area (TPSA) is 38.0 Å². The van der Waals surface area contributed by atoms with Crippen molar-refractivity contribution in [2.24, 2.45) is 5.73 Å². The van der Waals surface area contributed by atoms with Gasteiger partial charge in [-0.15, -0.1) is 0 Å². The van der Waals surface area contributed by atoms with Gasteiger partial charge in [0.1, 0.15) is 0 Å². The molecule has 0 radical (unpaired) electrons. The molecule has 1 atom stereocenters. The van der Waals surface area contributed by atoms with Crippen molar-refractivity contribution in [3.05, 3.63) is 64.6 Å². The lowest BCUT2D eigenvalue weighted by Crippen LogP contribution is -2.29. The molecule has 0 spiro atoms. The largest absolute Gasteiger partial charge is 0.380 e. The van der Waals surface area contributed by atoms with Gasteiger partial charge in [-0.1, -0.05) is 42.5 Å². The zero-order valence-corrected chi connectivity index (χ0v) is 12.4. The Hall–Kier alpha value is -1.32. The van der Waals surface area contributed by atoms with Crippen molar-refractivity contribution >= 4 is 21.6 Å². The number of rotatable bonds is 6. The molecular formula is C16H19BrN2. The Bertz CT molecular complexity index is 499. The van der Waals surface area contributed by atoms with Crippen LogP contribution in [0.15, 0.2) is 59.1 Å². The first-order valence-electron chi connectivity index (χ1n) is 6.54. The van der Waals surface area contributed by atoms with E-state index in [1.807, 2.05) is 24.3 Å². The van der Waals surface area contributed by atoms with E-state index in [1.165, 1.54) is 5.56 Å². The van der Waals surface area contributed by atoms with Crippen LogP contribution in [-0.2, 0) is 6.42 Å². The third kappa shape index (κ3) is 4.37. The van der Waals surface area contributed by atoms with Crippen molar-refractivity contribution in [3.63, 3.8) is 0 Å². The van der Waals surface area contributed by atoms with Crippen LogP contribution in [-0.4, -0.2) is 12.6 Å². The summed E-state index contributed by atoms with van der Waals surface area (Å²) in [6.07, 6.45) is 2.07. The first kappa shape index (κ1) is 14.1. The number of halogens is 1. The Kier molecular flexibility index (Phi) is 5.43. The van der Waals surface area contributed by atoms with Crippen LogP contribution in [0, 0.1) is 0 Å². The Morgan fingerprint density at radius 1 is 1.00 bits per heavy atom. The van der Waals surface area contributed by atoms with Crippen LogP contribution in [0.1, 0.15) is 12.0 Å². The van der Waals surface area contributed by atoms with E-state index in [0.717, 1.165) is 23.0 Å². The van der Waals surface area contributed by atoms with Crippen molar-refractivity contribution in [1.82, 2.24) is 0 Å². The fourth-order valence-corrected chi connectivity index (χ4v) is 2.43. The number of nitrogens with one attached hydrogen (secondary N) is 1. The summed E-state index contributed by atoms with van der Waals surface area (Å²) in [5, 5.41) is 3.50. The average molecular weight is 319 g/mol. The second-order valence-corrected chi connectivity index (χ2v) is 5.44. The van der Waals surface area contributed by atoms with Crippen LogP contribution in [0.4, 0.5) is 5.69 Å². The van der Waals surface area contributed by atoms with Crippen LogP contribution in [0.2, 0.25) is 0 Å². The summed E-state index contributed by atoms with van der Waals surface area (Å²) in [4.78, 5) is 0. The highest BCUT2D eigenvalue weighted by Crippen LogP contribution is 2.22. The Labute approximate surface area is 123 Å². The fraction of sp³-hybridized carbons (Fsp3) is 0.250. The van der Waals surface area contributed by atoms with Crippen LogP contribution in [0.5, 0.6) is 0 Å². The van der Waals surface area contributed by atoms with Gasteiger partial charge in [-0.2, -0.15) is 0 Å². The first-order valence-corrected chi connectivity index (χ1v) is 7.34. The zero-order chi connectivity index (χ0) is 13.5. The molecule has 19 heavy (non-hydrogen) atoms. The molecule has 0 saturated heterocycles. The Morgan fingerprint density at radius 2 is 1.68 bits per heavy atom. The van der Waals surface area contributed by atoms with Gasteiger partial charge in [0.25, 0.3) is 0 Å². The highest BCUT2D eigenvalue weighted by Gasteiger charge is 2.08. The van der Waals surface area contributed by atoms with Crippen LogP contribution >= 0.6 is 15.9 Å². The van der Waals surface area contributed by atoms with Gasteiger partial charge in [0, 0.05) is 22.7 Å². The number of aryl methyl sites for hydroxylation is 1. The third-order valence-electron chi connectivity index (χ3n) is 3.14. The molecule has 0 heterocycles. The van der Waals surface area contributed by atoms with Gasteiger partial charge in [0.2, 0.25) is 0 Å². The van der Waals surface area contributed by atoms with E-state index in [0.29, 0.717) is 12.6 Å². The van der Waals surface area contributed by atoms with Crippen LogP contribution in [0.25, 0.3) is 0 Å². The molecule has 0 aliphatic heterocycles. The molecule has 3 heteroatoms. The number of para-hydroxylation sites is 1. The molecule has 0 amide bonds. The molecule has 0 aliphatic carbocycles. The van der Waals surface area contributed by atoms with E-state index in [-0.39, 0.29) is 0 Å². The van der Waals surface area contributed by atoms with E-state index in [1.54, 1.807) is 0 Å². The maximum atomic E-state index is 5.86. The maximum Gasteiger partial charge on any atom is 0.0487 e. The fourth-order valence-electron chi connectivity index (χ4n) is 2.03. The lowest BCUT2D eigenvalue weighted by molar-refractivity contribution is 0.660. The third-order valence-corrected chi connectivity index (χ3v) is 3.83. The summed E-state index contributed by atoms with van der Waals surface area (Å²) in [6, 6.07) is 18.9. The monoisotopic (exact) mass is 318 g/mol. The minimum Gasteiger partial charge on any atom is -0.380 e. The summed E-state index contributed by atoms with van der Waals surface area (Å²) < 4.78 is 1.08. The summed E-state index contributed by atoms with van der Waals surface area (Å²) in [5.41, 5.74) is 8.32. The van der Waals surface area contributed by atoms with Gasteiger partial charge in [-0.05, 0) is 46.5 Å². The summed E-state index contributed by atoms with van der Waals surface area (Å²) in [7, 11) is 0. The van der Waals surface area contributed by atoms with E-state index in [9.17, 15) is 0 Å². The van der Waals surface area contributed by atoms with Gasteiger partial charge >= 0.3 is 0 Å². The molecule has 2 nitrogen and oxygen atoms in total. The zero-order valence-electron chi connectivity index (χ0n) is 10.9. The van der Waals surface area contributed by atoms with Gasteiger partial charge < -0.3 is 11.1 Å². The lowest BCUT2D eigenvalue weighted by Gasteiger charge is -2.19. The molecule has 2 aromatic carbocycles. The second kappa shape index (κ2) is 7.31. The number of benzene rings is 2. The standard InChI is InChI=1S/C16H19BrN2/c17-15-8-4-5-9-16(15)19-14(12-18)11-10-13-6-2-1-3-7-13/h1-9,14,19H,10-12,18H2. The SMILES string of the molecule is NCC(CCc1ccccc1)Nc1ccccc1Br. The van der Waals surface area contributed by atoms with Gasteiger partial charge in [0.05, 0.1) is 0 Å². The minimum atomic E-state index is 0.291. The Balaban J connectivity index is 1.92. The van der Waals surface area contributed by atoms with Crippen LogP contribution < -0.4 is 11.1 Å². The number of hydrogen-bond donors (Lipinski definition) is 2. The van der Waals surface area contributed by atoms with E-state index in [4.69, 9.17) is 5.73 Å². The molecule has 2 aromatic rings. The van der Waals surface area contributed by atoms with Crippen molar-refractivity contribution in [1.29, 1.82) is 0 Å². The predicted octanol–water partition coefficient (Wildman–Crippen LogP) is 3.82. The van der Waals surface area contributed by atoms with Crippen molar-refractivity contribution < 1.29 is 0 Å². The van der Waals surface area contributed by atoms with E-state index in [2.05, 4.69) is 51.6 Å². The highest BCUT2D eigenvalue weighted by atomic mass is 79.9. The molecule has 2 rings (SSSR count). The van der Waals surface area contributed by atoms with Gasteiger partial charge in [-0.25, -0.2) is 0 Å². The summed E-state index contributed by atoms with van der Waals surface area (Å²) >= 11 is 3.55. The highest BCUT2D eigenvalue weighted by molar-refractivity contribution is 9.10. The number of anilines is 1. The molecule has 0 aliphatic rings. The smallest absolute Gasteiger partial charge is 0.0487 e. The van der Waals surface area contributed by atoms with Crippen molar-refractivity contribution in [3.8, 4) is 0 Å². The quantitative estimate of drug-likeness (QED) is 0.849. The van der Waals surface area contributed by atoms with E-state index >= 15 is 0 Å². The summed E-state index contributed by atoms with van der Waals surface area (Å²) in [6.45, 7) is 0.633. The first-order chi connectivity index (χ1) is 9.29. The van der Waals surface area contributed by atoms with Crippen molar-refractivity contribution in [2.75, 3.05) is 11.9 Å². The lowest BCUT2D eigenvalue weighted by atomic mass is 10.1. The number of nitrogens with two attached hydrogens (primary N) is 1. The van der Waals surface area contributed by atoms with Crippen molar-refractivity contribution in [2.45, 2.75) is 18.9 Å². The predicted molar refractivity (Wildman–Crippen MR) is 85.4 cm³/mol. The van der Waals surface area contributed by atoms with Crippen LogP contribution in [0.3, 0.4) is 0 Å². The second-order valence-electron chi connectivity index (χ2n) is 4.58. The maximum absolute atomic E-state index is 5.86. The summed E-state index contributed by atoms with van der Waals surface area (Å²) in [5.74, 6) is 0. The molecule has 0 fully saturated rings. The molecule has 0 saturated carbocycles. The average Bonchev–Trinajstić information content (AvgIpc) is 2.46. The van der Waals surface area contributed by atoms with E-state index < -0.39 is 0 Å². The van der Waals surface area contributed by atoms with Gasteiger partial charge in [0.15, 0.2) is 0 Å². The normalized spacial score (nSPS) is 12.1. The molecule has 3 N–H and O–H groups in total. The Morgan fingerprint density at radius 3 is 2.37 bits per heavy atom. The minimum absolute atomic E-state index is 0.291. The number of hydrogen-bond acceptors (Lipinski definition) is 2. The molecule has 0 bridgehead atoms. The molecule has 100 valence electrons. The molecule has 0 aromatic heterocycles. The molecule has 1 unspecified atom stereocenters. The van der Waals surface area contributed by atoms with Gasteiger partial charge in [-0.3, -0.25) is 0 Å². The molecular weight excluding hydrogens is 300 g/mol.